The summed E-state index contributed by atoms with van der Waals surface area (Å²) in [4.78, 5) is 38.0. The molecule has 0 unspecified atom stereocenters. The first kappa shape index (κ1) is 19.4. The maximum atomic E-state index is 12.0. The first-order valence-electron chi connectivity index (χ1n) is 7.33. The van der Waals surface area contributed by atoms with Crippen molar-refractivity contribution in [1.29, 1.82) is 0 Å². The highest BCUT2D eigenvalue weighted by Gasteiger charge is 2.18. The summed E-state index contributed by atoms with van der Waals surface area (Å²) in [5.41, 5.74) is 0. The molecule has 0 heterocycles. The summed E-state index contributed by atoms with van der Waals surface area (Å²) in [6.45, 7) is 7.23. The minimum Gasteiger partial charge on any atom is -0.465 e. The Morgan fingerprint density at radius 2 is 1.71 bits per heavy atom. The molecule has 0 aliphatic rings. The van der Waals surface area contributed by atoms with E-state index in [0.717, 1.165) is 6.42 Å². The number of amides is 2. The van der Waals surface area contributed by atoms with Crippen LogP contribution in [-0.4, -0.2) is 74.0 Å². The van der Waals surface area contributed by atoms with Gasteiger partial charge in [-0.25, -0.2) is 0 Å². The van der Waals surface area contributed by atoms with E-state index in [9.17, 15) is 14.4 Å². The largest absolute Gasteiger partial charge is 0.465 e. The zero-order valence-corrected chi connectivity index (χ0v) is 13.5. The summed E-state index contributed by atoms with van der Waals surface area (Å²) in [7, 11) is 1.58. The minimum atomic E-state index is -0.351. The van der Waals surface area contributed by atoms with E-state index >= 15 is 0 Å². The number of carbonyl (C=O) groups is 3. The number of likely N-dealkylation sites (N-methyl/N-ethyl adjacent to an activating group) is 2. The molecule has 0 rings (SSSR count). The van der Waals surface area contributed by atoms with Crippen LogP contribution in [0.15, 0.2) is 0 Å². The lowest BCUT2D eigenvalue weighted by atomic mass is 10.4. The topological polar surface area (TPSA) is 79.0 Å². The number of hydrogen-bond acceptors (Lipinski definition) is 5. The van der Waals surface area contributed by atoms with Gasteiger partial charge < -0.3 is 15.0 Å². The lowest BCUT2D eigenvalue weighted by Gasteiger charge is -2.23. The number of nitrogens with zero attached hydrogens (tertiary/aromatic N) is 2. The summed E-state index contributed by atoms with van der Waals surface area (Å²) >= 11 is 0. The number of esters is 1. The lowest BCUT2D eigenvalue weighted by Crippen LogP contribution is -2.44. The van der Waals surface area contributed by atoms with Crippen molar-refractivity contribution >= 4 is 17.8 Å². The average molecular weight is 301 g/mol. The Labute approximate surface area is 126 Å². The van der Waals surface area contributed by atoms with E-state index < -0.39 is 0 Å². The van der Waals surface area contributed by atoms with Gasteiger partial charge in [-0.1, -0.05) is 13.8 Å². The molecule has 0 aromatic rings. The van der Waals surface area contributed by atoms with Gasteiger partial charge >= 0.3 is 5.97 Å². The summed E-state index contributed by atoms with van der Waals surface area (Å²) in [5.74, 6) is -0.732. The quantitative estimate of drug-likeness (QED) is 0.568. The summed E-state index contributed by atoms with van der Waals surface area (Å²) in [6.07, 6.45) is 0.854. The molecule has 122 valence electrons. The summed E-state index contributed by atoms with van der Waals surface area (Å²) < 4.78 is 4.86. The van der Waals surface area contributed by atoms with Crippen LogP contribution in [0.2, 0.25) is 0 Å². The molecule has 1 N–H and O–H groups in total. The molecular formula is C14H27N3O4. The van der Waals surface area contributed by atoms with Crippen molar-refractivity contribution in [2.24, 2.45) is 0 Å². The van der Waals surface area contributed by atoms with Crippen molar-refractivity contribution in [3.63, 3.8) is 0 Å². The SMILES string of the molecule is CCCNC(=O)CN(C)C(=O)CN(CC)CC(=O)OCC. The van der Waals surface area contributed by atoms with Crippen molar-refractivity contribution < 1.29 is 19.1 Å². The zero-order valence-electron chi connectivity index (χ0n) is 13.5. The van der Waals surface area contributed by atoms with Crippen LogP contribution in [0.3, 0.4) is 0 Å². The maximum absolute atomic E-state index is 12.0. The van der Waals surface area contributed by atoms with Gasteiger partial charge in [0.15, 0.2) is 0 Å². The second-order valence-corrected chi connectivity index (χ2v) is 4.71. The van der Waals surface area contributed by atoms with E-state index in [1.807, 2.05) is 13.8 Å². The van der Waals surface area contributed by atoms with Gasteiger partial charge in [0.25, 0.3) is 0 Å². The van der Waals surface area contributed by atoms with Crippen LogP contribution in [0.4, 0.5) is 0 Å². The Bertz CT molecular complexity index is 347. The number of hydrogen-bond donors (Lipinski definition) is 1. The number of rotatable bonds is 10. The van der Waals surface area contributed by atoms with Crippen molar-refractivity contribution in [3.05, 3.63) is 0 Å². The predicted octanol–water partition coefficient (Wildman–Crippen LogP) is -0.144. The smallest absolute Gasteiger partial charge is 0.320 e. The highest BCUT2D eigenvalue weighted by Crippen LogP contribution is 1.94. The maximum Gasteiger partial charge on any atom is 0.320 e. The molecule has 0 radical (unpaired) electrons. The van der Waals surface area contributed by atoms with Crippen LogP contribution in [0.25, 0.3) is 0 Å². The Hall–Kier alpha value is -1.63. The van der Waals surface area contributed by atoms with Crippen LogP contribution >= 0.6 is 0 Å². The standard InChI is InChI=1S/C14H27N3O4/c1-5-8-15-12(18)9-16(4)13(19)10-17(6-2)11-14(20)21-7-3/h5-11H2,1-4H3,(H,15,18). The fourth-order valence-electron chi connectivity index (χ4n) is 1.60. The van der Waals surface area contributed by atoms with E-state index in [-0.39, 0.29) is 37.4 Å². The van der Waals surface area contributed by atoms with Gasteiger partial charge in [0.2, 0.25) is 11.8 Å². The van der Waals surface area contributed by atoms with E-state index in [4.69, 9.17) is 4.74 Å². The van der Waals surface area contributed by atoms with Crippen LogP contribution < -0.4 is 5.32 Å². The van der Waals surface area contributed by atoms with E-state index in [1.54, 1.807) is 18.9 Å². The van der Waals surface area contributed by atoms with Crippen molar-refractivity contribution in [3.8, 4) is 0 Å². The van der Waals surface area contributed by atoms with Gasteiger partial charge in [0.1, 0.15) is 0 Å². The third-order valence-electron chi connectivity index (χ3n) is 2.84. The molecule has 0 aromatic carbocycles. The van der Waals surface area contributed by atoms with Gasteiger partial charge in [-0.3, -0.25) is 19.3 Å². The Kier molecular flexibility index (Phi) is 10.2. The molecule has 0 bridgehead atoms. The summed E-state index contributed by atoms with van der Waals surface area (Å²) in [5, 5.41) is 2.71. The molecule has 2 amide bonds. The second kappa shape index (κ2) is 11.1. The Balaban J connectivity index is 4.23. The first-order valence-corrected chi connectivity index (χ1v) is 7.33. The fraction of sp³-hybridized carbons (Fsp3) is 0.786. The number of nitrogens with one attached hydrogen (secondary N) is 1. The van der Waals surface area contributed by atoms with Crippen molar-refractivity contribution in [1.82, 2.24) is 15.1 Å². The third-order valence-corrected chi connectivity index (χ3v) is 2.84. The molecular weight excluding hydrogens is 274 g/mol. The van der Waals surface area contributed by atoms with Crippen LogP contribution in [0.5, 0.6) is 0 Å². The van der Waals surface area contributed by atoms with Crippen LogP contribution in [-0.2, 0) is 19.1 Å². The first-order chi connectivity index (χ1) is 9.94. The molecule has 0 aromatic heterocycles. The highest BCUT2D eigenvalue weighted by molar-refractivity contribution is 5.85. The number of carbonyl (C=O) groups excluding carboxylic acids is 3. The van der Waals surface area contributed by atoms with Crippen molar-refractivity contribution in [2.45, 2.75) is 27.2 Å². The van der Waals surface area contributed by atoms with E-state index in [1.165, 1.54) is 4.90 Å². The van der Waals surface area contributed by atoms with Crippen LogP contribution in [0, 0.1) is 0 Å². The Morgan fingerprint density at radius 1 is 1.05 bits per heavy atom. The molecule has 0 aliphatic carbocycles. The zero-order chi connectivity index (χ0) is 16.3. The van der Waals surface area contributed by atoms with Gasteiger partial charge in [-0.05, 0) is 19.9 Å². The van der Waals surface area contributed by atoms with Gasteiger partial charge in [0, 0.05) is 13.6 Å². The molecule has 0 fully saturated rings. The van der Waals surface area contributed by atoms with Crippen molar-refractivity contribution in [2.75, 3.05) is 46.4 Å². The predicted molar refractivity (Wildman–Crippen MR) is 79.7 cm³/mol. The fourth-order valence-corrected chi connectivity index (χ4v) is 1.60. The van der Waals surface area contributed by atoms with Gasteiger partial charge in [-0.15, -0.1) is 0 Å². The van der Waals surface area contributed by atoms with Gasteiger partial charge in [-0.2, -0.15) is 0 Å². The molecule has 7 nitrogen and oxygen atoms in total. The molecule has 21 heavy (non-hydrogen) atoms. The number of ether oxygens (including phenoxy) is 1. The van der Waals surface area contributed by atoms with E-state index in [0.29, 0.717) is 19.7 Å². The molecule has 0 saturated carbocycles. The summed E-state index contributed by atoms with van der Waals surface area (Å²) in [6, 6.07) is 0. The molecule has 0 atom stereocenters. The highest BCUT2D eigenvalue weighted by atomic mass is 16.5. The molecule has 0 spiro atoms. The Morgan fingerprint density at radius 3 is 2.24 bits per heavy atom. The lowest BCUT2D eigenvalue weighted by molar-refractivity contribution is -0.145. The average Bonchev–Trinajstić information content (AvgIpc) is 2.44. The molecule has 0 saturated heterocycles. The third kappa shape index (κ3) is 9.01. The second-order valence-electron chi connectivity index (χ2n) is 4.71. The minimum absolute atomic E-state index is 0.0236. The van der Waals surface area contributed by atoms with Gasteiger partial charge in [0.05, 0.1) is 26.2 Å². The normalized spacial score (nSPS) is 10.3. The van der Waals surface area contributed by atoms with Crippen LogP contribution in [0.1, 0.15) is 27.2 Å². The molecule has 0 aliphatic heterocycles. The monoisotopic (exact) mass is 301 g/mol. The molecule has 7 heteroatoms. The van der Waals surface area contributed by atoms with E-state index in [2.05, 4.69) is 5.32 Å².